The average molecular weight is 277 g/mol. The van der Waals surface area contributed by atoms with Crippen molar-refractivity contribution >= 4 is 5.96 Å². The molecule has 0 unspecified atom stereocenters. The lowest BCUT2D eigenvalue weighted by atomic mass is 10.1. The van der Waals surface area contributed by atoms with Crippen molar-refractivity contribution in [3.8, 4) is 5.75 Å². The molecule has 20 heavy (non-hydrogen) atoms. The molecule has 0 radical (unpaired) electrons. The zero-order valence-electron chi connectivity index (χ0n) is 13.4. The van der Waals surface area contributed by atoms with Crippen molar-refractivity contribution in [1.82, 2.24) is 9.80 Å². The summed E-state index contributed by atoms with van der Waals surface area (Å²) in [5, 5.41) is 0. The molecule has 0 bridgehead atoms. The van der Waals surface area contributed by atoms with Gasteiger partial charge in [0.1, 0.15) is 5.75 Å². The predicted molar refractivity (Wildman–Crippen MR) is 85.6 cm³/mol. The highest BCUT2D eigenvalue weighted by molar-refractivity contribution is 5.79. The molecular formula is C16H27N3O. The highest BCUT2D eigenvalue weighted by Crippen LogP contribution is 2.14. The standard InChI is InChI=1S/C16H27N3O/c1-6-12-20-15-9-7-8-14(13-15)10-11-17-16(18(2)3)19(4)5/h7-9,13H,6,10-12H2,1-5H3. The van der Waals surface area contributed by atoms with E-state index in [1.165, 1.54) is 5.56 Å². The Labute approximate surface area is 123 Å². The molecule has 1 aromatic carbocycles. The molecule has 0 atom stereocenters. The van der Waals surface area contributed by atoms with Crippen molar-refractivity contribution in [2.75, 3.05) is 41.3 Å². The Balaban J connectivity index is 2.58. The lowest BCUT2D eigenvalue weighted by Gasteiger charge is -2.22. The topological polar surface area (TPSA) is 28.1 Å². The van der Waals surface area contributed by atoms with Crippen molar-refractivity contribution < 1.29 is 4.74 Å². The van der Waals surface area contributed by atoms with Gasteiger partial charge in [0, 0.05) is 34.7 Å². The van der Waals surface area contributed by atoms with Crippen molar-refractivity contribution in [2.24, 2.45) is 4.99 Å². The molecule has 1 aromatic rings. The number of hydrogen-bond donors (Lipinski definition) is 0. The molecule has 1 rings (SSSR count). The van der Waals surface area contributed by atoms with E-state index in [0.29, 0.717) is 0 Å². The maximum Gasteiger partial charge on any atom is 0.195 e. The lowest BCUT2D eigenvalue weighted by molar-refractivity contribution is 0.317. The highest BCUT2D eigenvalue weighted by atomic mass is 16.5. The molecule has 0 saturated heterocycles. The monoisotopic (exact) mass is 277 g/mol. The van der Waals surface area contributed by atoms with Crippen LogP contribution < -0.4 is 4.74 Å². The van der Waals surface area contributed by atoms with E-state index >= 15 is 0 Å². The number of aliphatic imine (C=N–C) groups is 1. The second-order valence-electron chi connectivity index (χ2n) is 5.22. The fraction of sp³-hybridized carbons (Fsp3) is 0.562. The van der Waals surface area contributed by atoms with Crippen LogP contribution in [0.2, 0.25) is 0 Å². The van der Waals surface area contributed by atoms with Crippen LogP contribution in [0.15, 0.2) is 29.3 Å². The number of benzene rings is 1. The fourth-order valence-electron chi connectivity index (χ4n) is 1.98. The quantitative estimate of drug-likeness (QED) is 0.591. The molecule has 0 amide bonds. The Bertz CT molecular complexity index is 417. The van der Waals surface area contributed by atoms with Gasteiger partial charge >= 0.3 is 0 Å². The van der Waals surface area contributed by atoms with Crippen LogP contribution in [-0.2, 0) is 6.42 Å². The number of rotatable bonds is 6. The van der Waals surface area contributed by atoms with Gasteiger partial charge in [0.25, 0.3) is 0 Å². The largest absolute Gasteiger partial charge is 0.494 e. The molecule has 0 aromatic heterocycles. The Morgan fingerprint density at radius 1 is 1.15 bits per heavy atom. The Morgan fingerprint density at radius 3 is 2.45 bits per heavy atom. The maximum atomic E-state index is 5.65. The summed E-state index contributed by atoms with van der Waals surface area (Å²) in [5.41, 5.74) is 1.26. The van der Waals surface area contributed by atoms with Crippen LogP contribution >= 0.6 is 0 Å². The van der Waals surface area contributed by atoms with Crippen LogP contribution in [0.5, 0.6) is 5.75 Å². The molecule has 0 aliphatic rings. The number of nitrogens with zero attached hydrogens (tertiary/aromatic N) is 3. The van der Waals surface area contributed by atoms with Crippen LogP contribution in [0.25, 0.3) is 0 Å². The Morgan fingerprint density at radius 2 is 1.85 bits per heavy atom. The molecule has 4 heteroatoms. The van der Waals surface area contributed by atoms with Gasteiger partial charge in [0.2, 0.25) is 0 Å². The molecule has 0 N–H and O–H groups in total. The molecule has 0 fully saturated rings. The number of guanidine groups is 1. The van der Waals surface area contributed by atoms with Gasteiger partial charge in [-0.1, -0.05) is 19.1 Å². The molecule has 112 valence electrons. The van der Waals surface area contributed by atoms with Crippen molar-refractivity contribution in [1.29, 1.82) is 0 Å². The van der Waals surface area contributed by atoms with Gasteiger partial charge in [-0.15, -0.1) is 0 Å². The van der Waals surface area contributed by atoms with E-state index in [2.05, 4.69) is 24.0 Å². The van der Waals surface area contributed by atoms with E-state index in [4.69, 9.17) is 4.74 Å². The van der Waals surface area contributed by atoms with Crippen LogP contribution in [0.3, 0.4) is 0 Å². The first kappa shape index (κ1) is 16.3. The SMILES string of the molecule is CCCOc1cccc(CCN=C(N(C)C)N(C)C)c1. The Hall–Kier alpha value is -1.71. The van der Waals surface area contributed by atoms with Gasteiger partial charge in [-0.3, -0.25) is 4.99 Å². The summed E-state index contributed by atoms with van der Waals surface area (Å²) in [6.45, 7) is 3.67. The third-order valence-electron chi connectivity index (χ3n) is 2.83. The summed E-state index contributed by atoms with van der Waals surface area (Å²) in [6.07, 6.45) is 1.96. The van der Waals surface area contributed by atoms with Crippen molar-refractivity contribution in [3.05, 3.63) is 29.8 Å². The van der Waals surface area contributed by atoms with Crippen molar-refractivity contribution in [3.63, 3.8) is 0 Å². The van der Waals surface area contributed by atoms with Gasteiger partial charge in [0.05, 0.1) is 6.61 Å². The van der Waals surface area contributed by atoms with Gasteiger partial charge in [-0.05, 0) is 30.5 Å². The minimum absolute atomic E-state index is 0.771. The summed E-state index contributed by atoms with van der Waals surface area (Å²) < 4.78 is 5.65. The number of hydrogen-bond acceptors (Lipinski definition) is 2. The zero-order chi connectivity index (χ0) is 15.0. The lowest BCUT2D eigenvalue weighted by Crippen LogP contribution is -2.35. The molecule has 0 aliphatic carbocycles. The molecule has 0 heterocycles. The summed E-state index contributed by atoms with van der Waals surface area (Å²) >= 11 is 0. The smallest absolute Gasteiger partial charge is 0.195 e. The highest BCUT2D eigenvalue weighted by Gasteiger charge is 2.03. The zero-order valence-corrected chi connectivity index (χ0v) is 13.4. The first-order chi connectivity index (χ1) is 9.54. The summed E-state index contributed by atoms with van der Waals surface area (Å²) in [5.74, 6) is 1.94. The van der Waals surface area contributed by atoms with E-state index in [1.54, 1.807) is 0 Å². The van der Waals surface area contributed by atoms with Gasteiger partial charge < -0.3 is 14.5 Å². The molecule has 0 saturated carbocycles. The van der Waals surface area contributed by atoms with E-state index in [9.17, 15) is 0 Å². The first-order valence-corrected chi connectivity index (χ1v) is 7.15. The third kappa shape index (κ3) is 5.51. The van der Waals surface area contributed by atoms with Crippen molar-refractivity contribution in [2.45, 2.75) is 19.8 Å². The van der Waals surface area contributed by atoms with E-state index in [1.807, 2.05) is 50.1 Å². The molecule has 0 aliphatic heterocycles. The molecule has 0 spiro atoms. The first-order valence-electron chi connectivity index (χ1n) is 7.15. The summed E-state index contributed by atoms with van der Waals surface area (Å²) in [6, 6.07) is 8.28. The fourth-order valence-corrected chi connectivity index (χ4v) is 1.98. The van der Waals surface area contributed by atoms with Crippen LogP contribution in [-0.4, -0.2) is 57.1 Å². The van der Waals surface area contributed by atoms with E-state index in [0.717, 1.165) is 37.7 Å². The summed E-state index contributed by atoms with van der Waals surface area (Å²) in [7, 11) is 8.05. The van der Waals surface area contributed by atoms with E-state index < -0.39 is 0 Å². The van der Waals surface area contributed by atoms with Gasteiger partial charge in [-0.2, -0.15) is 0 Å². The van der Waals surface area contributed by atoms with Gasteiger partial charge in [-0.25, -0.2) is 0 Å². The third-order valence-corrected chi connectivity index (χ3v) is 2.83. The summed E-state index contributed by atoms with van der Waals surface area (Å²) in [4.78, 5) is 8.69. The van der Waals surface area contributed by atoms with E-state index in [-0.39, 0.29) is 0 Å². The average Bonchev–Trinajstić information content (AvgIpc) is 2.41. The maximum absolute atomic E-state index is 5.65. The minimum atomic E-state index is 0.771. The van der Waals surface area contributed by atoms with Crippen LogP contribution in [0, 0.1) is 0 Å². The second kappa shape index (κ2) is 8.46. The van der Waals surface area contributed by atoms with Crippen LogP contribution in [0.4, 0.5) is 0 Å². The second-order valence-corrected chi connectivity index (χ2v) is 5.22. The molecular weight excluding hydrogens is 250 g/mol. The normalized spacial score (nSPS) is 10.1. The predicted octanol–water partition coefficient (Wildman–Crippen LogP) is 2.50. The van der Waals surface area contributed by atoms with Gasteiger partial charge in [0.15, 0.2) is 5.96 Å². The van der Waals surface area contributed by atoms with Crippen LogP contribution in [0.1, 0.15) is 18.9 Å². The Kier molecular flexibility index (Phi) is 6.91. The molecule has 4 nitrogen and oxygen atoms in total. The number of ether oxygens (including phenoxy) is 1. The minimum Gasteiger partial charge on any atom is -0.494 e.